The number of benzene rings is 4. The normalized spacial score (nSPS) is 12.1. The number of aromatic nitrogens is 1. The molecule has 5 rings (SSSR count). The zero-order valence-electron chi connectivity index (χ0n) is 26.6. The summed E-state index contributed by atoms with van der Waals surface area (Å²) in [6.07, 6.45) is 0.806. The molecule has 0 saturated heterocycles. The summed E-state index contributed by atoms with van der Waals surface area (Å²) in [6, 6.07) is 33.5. The van der Waals surface area contributed by atoms with Crippen LogP contribution in [-0.2, 0) is 30.0 Å². The predicted octanol–water partition coefficient (Wildman–Crippen LogP) is 4.41. The molecule has 0 saturated carbocycles. The first-order chi connectivity index (χ1) is 23.5. The molecule has 0 spiro atoms. The SMILES string of the molecule is O=COc1ccc([C@@H](O)CNCCc2ccc(OCCCNCc3cc(C(O)(c4ccccc4)c4ccccc4)no3)cc2)cc1CO. The Balaban J connectivity index is 0.997. The number of carbonyl (C=O) groups is 1. The van der Waals surface area contributed by atoms with E-state index in [-0.39, 0.29) is 12.4 Å². The summed E-state index contributed by atoms with van der Waals surface area (Å²) in [4.78, 5) is 10.6. The summed E-state index contributed by atoms with van der Waals surface area (Å²) in [5.41, 5.74) is 2.64. The highest BCUT2D eigenvalue weighted by Gasteiger charge is 2.37. The fourth-order valence-corrected chi connectivity index (χ4v) is 5.43. The van der Waals surface area contributed by atoms with Crippen LogP contribution in [0.25, 0.3) is 0 Å². The molecule has 1 atom stereocenters. The molecule has 0 radical (unpaired) electrons. The molecule has 0 aliphatic rings. The maximum absolute atomic E-state index is 11.9. The molecule has 0 amide bonds. The van der Waals surface area contributed by atoms with Crippen molar-refractivity contribution in [1.82, 2.24) is 15.8 Å². The number of carbonyl (C=O) groups excluding carboxylic acids is 1. The fourth-order valence-electron chi connectivity index (χ4n) is 5.43. The Bertz CT molecular complexity index is 1660. The molecule has 10 nitrogen and oxygen atoms in total. The van der Waals surface area contributed by atoms with E-state index in [0.29, 0.717) is 73.0 Å². The van der Waals surface area contributed by atoms with Crippen molar-refractivity contribution < 1.29 is 34.1 Å². The molecule has 1 heterocycles. The predicted molar refractivity (Wildman–Crippen MR) is 180 cm³/mol. The molecule has 0 fully saturated rings. The topological polar surface area (TPSA) is 146 Å². The highest BCUT2D eigenvalue weighted by molar-refractivity contribution is 5.49. The highest BCUT2D eigenvalue weighted by atomic mass is 16.5. The third-order valence-corrected chi connectivity index (χ3v) is 8.04. The Morgan fingerprint density at radius 2 is 1.58 bits per heavy atom. The third-order valence-electron chi connectivity index (χ3n) is 8.04. The van der Waals surface area contributed by atoms with Crippen LogP contribution in [0.4, 0.5) is 0 Å². The first kappa shape index (κ1) is 34.5. The Hall–Kier alpha value is -4.84. The standard InChI is InChI=1S/C38H41N3O7/c42-26-30-22-29(14-17-36(30)47-27-43)35(44)25-40-20-18-28-12-15-33(16-13-28)46-21-7-19-39-24-34-23-37(41-48-34)38(45,31-8-3-1-4-9-31)32-10-5-2-6-11-32/h1-6,8-17,22-23,27,35,39-40,42,44-45H,7,18-21,24-26H2/t35-/m0/s1. The zero-order chi connectivity index (χ0) is 33.6. The van der Waals surface area contributed by atoms with E-state index in [2.05, 4.69) is 15.8 Å². The molecule has 0 aliphatic heterocycles. The van der Waals surface area contributed by atoms with Gasteiger partial charge in [-0.2, -0.15) is 0 Å². The van der Waals surface area contributed by atoms with Gasteiger partial charge in [-0.1, -0.05) is 84.0 Å². The van der Waals surface area contributed by atoms with Gasteiger partial charge >= 0.3 is 0 Å². The van der Waals surface area contributed by atoms with Gasteiger partial charge in [-0.3, -0.25) is 4.79 Å². The fraction of sp³-hybridized carbons (Fsp3) is 0.263. The number of hydrogen-bond acceptors (Lipinski definition) is 10. The van der Waals surface area contributed by atoms with E-state index in [0.717, 1.165) is 24.2 Å². The smallest absolute Gasteiger partial charge is 0.298 e. The largest absolute Gasteiger partial charge is 0.494 e. The summed E-state index contributed by atoms with van der Waals surface area (Å²) in [5, 5.41) is 42.7. The average molecular weight is 652 g/mol. The van der Waals surface area contributed by atoms with E-state index in [9.17, 15) is 20.1 Å². The summed E-state index contributed by atoms with van der Waals surface area (Å²) >= 11 is 0. The van der Waals surface area contributed by atoms with Crippen LogP contribution < -0.4 is 20.1 Å². The van der Waals surface area contributed by atoms with Crippen molar-refractivity contribution >= 4 is 6.47 Å². The van der Waals surface area contributed by atoms with Gasteiger partial charge in [-0.05, 0) is 72.5 Å². The van der Waals surface area contributed by atoms with Crippen LogP contribution in [0, 0.1) is 0 Å². The van der Waals surface area contributed by atoms with Gasteiger partial charge in [0.2, 0.25) is 0 Å². The molecule has 10 heteroatoms. The van der Waals surface area contributed by atoms with Gasteiger partial charge in [0, 0.05) is 18.2 Å². The second kappa shape index (κ2) is 17.4. The molecule has 1 aromatic heterocycles. The van der Waals surface area contributed by atoms with Crippen LogP contribution in [0.3, 0.4) is 0 Å². The van der Waals surface area contributed by atoms with Gasteiger partial charge < -0.3 is 39.9 Å². The number of aliphatic hydroxyl groups is 3. The first-order valence-electron chi connectivity index (χ1n) is 16.0. The lowest BCUT2D eigenvalue weighted by Gasteiger charge is -2.27. The number of nitrogens with one attached hydrogen (secondary N) is 2. The van der Waals surface area contributed by atoms with Crippen LogP contribution in [0.15, 0.2) is 114 Å². The number of rotatable bonds is 19. The maximum Gasteiger partial charge on any atom is 0.298 e. The van der Waals surface area contributed by atoms with E-state index >= 15 is 0 Å². The highest BCUT2D eigenvalue weighted by Crippen LogP contribution is 2.36. The van der Waals surface area contributed by atoms with Gasteiger partial charge in [0.15, 0.2) is 11.4 Å². The number of nitrogens with zero attached hydrogens (tertiary/aromatic N) is 1. The lowest BCUT2D eigenvalue weighted by Crippen LogP contribution is -2.29. The number of aliphatic hydroxyl groups excluding tert-OH is 2. The van der Waals surface area contributed by atoms with E-state index in [4.69, 9.17) is 14.0 Å². The van der Waals surface area contributed by atoms with Crippen LogP contribution in [0.1, 0.15) is 51.8 Å². The molecule has 5 N–H and O–H groups in total. The van der Waals surface area contributed by atoms with Crippen molar-refractivity contribution in [2.75, 3.05) is 26.2 Å². The molecule has 250 valence electrons. The third kappa shape index (κ3) is 8.94. The molecular weight excluding hydrogens is 610 g/mol. The van der Waals surface area contributed by atoms with Crippen molar-refractivity contribution in [2.45, 2.75) is 37.7 Å². The second-order valence-electron chi connectivity index (χ2n) is 11.4. The number of hydrogen-bond donors (Lipinski definition) is 5. The summed E-state index contributed by atoms with van der Waals surface area (Å²) in [7, 11) is 0. The first-order valence-corrected chi connectivity index (χ1v) is 16.0. The zero-order valence-corrected chi connectivity index (χ0v) is 26.6. The molecular formula is C38H41N3O7. The lowest BCUT2D eigenvalue weighted by atomic mass is 9.83. The van der Waals surface area contributed by atoms with Crippen molar-refractivity contribution in [1.29, 1.82) is 0 Å². The van der Waals surface area contributed by atoms with Crippen molar-refractivity contribution in [2.24, 2.45) is 0 Å². The van der Waals surface area contributed by atoms with Gasteiger partial charge in [0.05, 0.1) is 25.9 Å². The molecule has 0 bridgehead atoms. The molecule has 4 aromatic carbocycles. The van der Waals surface area contributed by atoms with E-state index in [1.54, 1.807) is 24.3 Å². The van der Waals surface area contributed by atoms with Crippen LogP contribution in [0.2, 0.25) is 0 Å². The molecule has 0 unspecified atom stereocenters. The Morgan fingerprint density at radius 1 is 0.875 bits per heavy atom. The molecule has 5 aromatic rings. The van der Waals surface area contributed by atoms with E-state index in [1.165, 1.54) is 0 Å². The minimum Gasteiger partial charge on any atom is -0.494 e. The van der Waals surface area contributed by atoms with Crippen LogP contribution in [-0.4, -0.2) is 53.2 Å². The Kier molecular flexibility index (Phi) is 12.5. The molecule has 0 aliphatic carbocycles. The van der Waals surface area contributed by atoms with Gasteiger partial charge in [-0.15, -0.1) is 0 Å². The van der Waals surface area contributed by atoms with Crippen LogP contribution >= 0.6 is 0 Å². The quantitative estimate of drug-likeness (QED) is 0.0643. The lowest BCUT2D eigenvalue weighted by molar-refractivity contribution is -0.120. The minimum atomic E-state index is -1.43. The maximum atomic E-state index is 11.9. The summed E-state index contributed by atoms with van der Waals surface area (Å²) in [5.74, 6) is 1.70. The van der Waals surface area contributed by atoms with Gasteiger partial charge in [0.1, 0.15) is 17.2 Å². The van der Waals surface area contributed by atoms with Crippen molar-refractivity contribution in [3.8, 4) is 11.5 Å². The summed E-state index contributed by atoms with van der Waals surface area (Å²) < 4.78 is 16.3. The second-order valence-corrected chi connectivity index (χ2v) is 11.4. The Morgan fingerprint density at radius 3 is 2.25 bits per heavy atom. The average Bonchev–Trinajstić information content (AvgIpc) is 3.62. The number of ether oxygens (including phenoxy) is 2. The van der Waals surface area contributed by atoms with Crippen molar-refractivity contribution in [3.05, 3.63) is 148 Å². The van der Waals surface area contributed by atoms with E-state index < -0.39 is 11.7 Å². The van der Waals surface area contributed by atoms with Crippen LogP contribution in [0.5, 0.6) is 11.5 Å². The van der Waals surface area contributed by atoms with E-state index in [1.807, 2.05) is 84.9 Å². The molecule has 48 heavy (non-hydrogen) atoms. The summed E-state index contributed by atoms with van der Waals surface area (Å²) in [6.45, 7) is 2.76. The Labute approximate surface area is 280 Å². The van der Waals surface area contributed by atoms with Crippen molar-refractivity contribution in [3.63, 3.8) is 0 Å². The minimum absolute atomic E-state index is 0.274. The van der Waals surface area contributed by atoms with Gasteiger partial charge in [0.25, 0.3) is 6.47 Å². The monoisotopic (exact) mass is 651 g/mol. The van der Waals surface area contributed by atoms with Gasteiger partial charge in [-0.25, -0.2) is 0 Å².